The van der Waals surface area contributed by atoms with Crippen LogP contribution in [0.2, 0.25) is 0 Å². The van der Waals surface area contributed by atoms with Crippen molar-refractivity contribution in [1.82, 2.24) is 14.9 Å². The fraction of sp³-hybridized carbons (Fsp3) is 0.643. The molecule has 2 heterocycles. The van der Waals surface area contributed by atoms with Crippen LogP contribution in [0.3, 0.4) is 0 Å². The molecule has 6 heteroatoms. The Morgan fingerprint density at radius 2 is 2.20 bits per heavy atom. The van der Waals surface area contributed by atoms with E-state index in [0.717, 1.165) is 18.7 Å². The van der Waals surface area contributed by atoms with E-state index >= 15 is 0 Å². The van der Waals surface area contributed by atoms with Crippen LogP contribution in [0.1, 0.15) is 31.7 Å². The summed E-state index contributed by atoms with van der Waals surface area (Å²) in [6, 6.07) is 0.671. The quantitative estimate of drug-likeness (QED) is 0.847. The average Bonchev–Trinajstić information content (AvgIpc) is 2.86. The third-order valence-electron chi connectivity index (χ3n) is 3.76. The van der Waals surface area contributed by atoms with Gasteiger partial charge in [0.15, 0.2) is 0 Å². The van der Waals surface area contributed by atoms with E-state index in [4.69, 9.17) is 5.11 Å². The molecule has 1 aromatic heterocycles. The van der Waals surface area contributed by atoms with Crippen LogP contribution in [-0.4, -0.2) is 52.1 Å². The van der Waals surface area contributed by atoms with Gasteiger partial charge >= 0.3 is 5.97 Å². The smallest absolute Gasteiger partial charge is 0.323 e. The van der Waals surface area contributed by atoms with Gasteiger partial charge in [0.25, 0.3) is 0 Å². The number of carbonyl (C=O) groups is 1. The van der Waals surface area contributed by atoms with Gasteiger partial charge in [0.2, 0.25) is 5.95 Å². The number of nitrogens with zero attached hydrogens (tertiary/aromatic N) is 4. The third-order valence-corrected chi connectivity index (χ3v) is 3.76. The van der Waals surface area contributed by atoms with E-state index in [1.807, 2.05) is 0 Å². The second kappa shape index (κ2) is 6.65. The molecule has 110 valence electrons. The summed E-state index contributed by atoms with van der Waals surface area (Å²) in [5.74, 6) is -0.437. The molecule has 20 heavy (non-hydrogen) atoms. The minimum absolute atomic E-state index is 0.0939. The Hall–Kier alpha value is -1.69. The molecule has 2 rings (SSSR count). The van der Waals surface area contributed by atoms with Crippen LogP contribution >= 0.6 is 0 Å². The monoisotopic (exact) mass is 278 g/mol. The van der Waals surface area contributed by atoms with Gasteiger partial charge in [-0.25, -0.2) is 9.97 Å². The molecule has 0 spiro atoms. The topological polar surface area (TPSA) is 69.6 Å². The van der Waals surface area contributed by atoms with Gasteiger partial charge in [-0.3, -0.25) is 9.69 Å². The lowest BCUT2D eigenvalue weighted by Crippen LogP contribution is -2.29. The molecule has 1 atom stereocenters. The maximum absolute atomic E-state index is 10.6. The minimum Gasteiger partial charge on any atom is -0.480 e. The summed E-state index contributed by atoms with van der Waals surface area (Å²) in [6.45, 7) is 4.15. The fourth-order valence-electron chi connectivity index (χ4n) is 2.70. The van der Waals surface area contributed by atoms with Gasteiger partial charge in [-0.2, -0.15) is 0 Å². The van der Waals surface area contributed by atoms with Crippen LogP contribution in [0.5, 0.6) is 0 Å². The van der Waals surface area contributed by atoms with Crippen LogP contribution in [0.15, 0.2) is 12.4 Å². The van der Waals surface area contributed by atoms with E-state index < -0.39 is 5.97 Å². The SMILES string of the molecule is CC[C@@H]1CCCN1Cc1cnc(N(C)CC(=O)O)nc1. The molecule has 0 bridgehead atoms. The number of hydrogen-bond acceptors (Lipinski definition) is 5. The highest BCUT2D eigenvalue weighted by Gasteiger charge is 2.22. The molecular formula is C14H22N4O2. The summed E-state index contributed by atoms with van der Waals surface area (Å²) in [5, 5.41) is 8.74. The van der Waals surface area contributed by atoms with Crippen molar-refractivity contribution in [1.29, 1.82) is 0 Å². The molecule has 1 fully saturated rings. The normalized spacial score (nSPS) is 19.2. The Bertz CT molecular complexity index is 449. The van der Waals surface area contributed by atoms with E-state index in [2.05, 4.69) is 21.8 Å². The number of aromatic nitrogens is 2. The zero-order chi connectivity index (χ0) is 14.5. The zero-order valence-electron chi connectivity index (χ0n) is 12.1. The number of anilines is 1. The van der Waals surface area contributed by atoms with E-state index in [0.29, 0.717) is 12.0 Å². The number of aliphatic carboxylic acids is 1. The van der Waals surface area contributed by atoms with Gasteiger partial charge in [-0.1, -0.05) is 6.92 Å². The van der Waals surface area contributed by atoms with Crippen molar-refractivity contribution < 1.29 is 9.90 Å². The molecule has 0 amide bonds. The van der Waals surface area contributed by atoms with Gasteiger partial charge < -0.3 is 10.0 Å². The van der Waals surface area contributed by atoms with Gasteiger partial charge in [-0.15, -0.1) is 0 Å². The molecule has 1 saturated heterocycles. The van der Waals surface area contributed by atoms with E-state index in [1.54, 1.807) is 19.4 Å². The Kier molecular flexibility index (Phi) is 4.89. The first-order valence-electron chi connectivity index (χ1n) is 7.08. The van der Waals surface area contributed by atoms with E-state index in [9.17, 15) is 4.79 Å². The van der Waals surface area contributed by atoms with Crippen LogP contribution < -0.4 is 4.90 Å². The highest BCUT2D eigenvalue weighted by molar-refractivity contribution is 5.72. The molecule has 1 aliphatic heterocycles. The predicted molar refractivity (Wildman–Crippen MR) is 76.7 cm³/mol. The number of rotatable bonds is 6. The van der Waals surface area contributed by atoms with Crippen molar-refractivity contribution in [2.45, 2.75) is 38.8 Å². The van der Waals surface area contributed by atoms with Crippen molar-refractivity contribution in [2.24, 2.45) is 0 Å². The highest BCUT2D eigenvalue weighted by atomic mass is 16.4. The summed E-state index contributed by atoms with van der Waals surface area (Å²) in [6.07, 6.45) is 7.31. The molecular weight excluding hydrogens is 256 g/mol. The molecule has 1 aromatic rings. The fourth-order valence-corrected chi connectivity index (χ4v) is 2.70. The van der Waals surface area contributed by atoms with Crippen molar-refractivity contribution >= 4 is 11.9 Å². The molecule has 6 nitrogen and oxygen atoms in total. The zero-order valence-corrected chi connectivity index (χ0v) is 12.1. The standard InChI is InChI=1S/C14H22N4O2/c1-3-12-5-4-6-18(12)9-11-7-15-14(16-8-11)17(2)10-13(19)20/h7-8,12H,3-6,9-10H2,1-2H3,(H,19,20)/t12-/m1/s1. The number of carboxylic acid groups (broad SMARTS) is 1. The first-order chi connectivity index (χ1) is 9.60. The number of carboxylic acids is 1. The minimum atomic E-state index is -0.886. The summed E-state index contributed by atoms with van der Waals surface area (Å²) in [4.78, 5) is 23.1. The van der Waals surface area contributed by atoms with Crippen molar-refractivity contribution in [3.63, 3.8) is 0 Å². The molecule has 0 aromatic carbocycles. The summed E-state index contributed by atoms with van der Waals surface area (Å²) in [7, 11) is 1.68. The lowest BCUT2D eigenvalue weighted by Gasteiger charge is -2.23. The van der Waals surface area contributed by atoms with Crippen LogP contribution in [-0.2, 0) is 11.3 Å². The van der Waals surface area contributed by atoms with Crippen LogP contribution in [0, 0.1) is 0 Å². The molecule has 1 N–H and O–H groups in total. The van der Waals surface area contributed by atoms with Gasteiger partial charge in [0, 0.05) is 37.6 Å². The third kappa shape index (κ3) is 3.66. The molecule has 0 saturated carbocycles. The predicted octanol–water partition coefficient (Wildman–Crippen LogP) is 1.37. The lowest BCUT2D eigenvalue weighted by molar-refractivity contribution is -0.135. The second-order valence-corrected chi connectivity index (χ2v) is 5.32. The molecule has 1 aliphatic rings. The molecule has 0 radical (unpaired) electrons. The van der Waals surface area contributed by atoms with Crippen molar-refractivity contribution in [3.05, 3.63) is 18.0 Å². The summed E-state index contributed by atoms with van der Waals surface area (Å²) < 4.78 is 0. The number of likely N-dealkylation sites (tertiary alicyclic amines) is 1. The van der Waals surface area contributed by atoms with E-state index in [1.165, 1.54) is 24.2 Å². The Balaban J connectivity index is 1.96. The first kappa shape index (κ1) is 14.7. The van der Waals surface area contributed by atoms with Crippen LogP contribution in [0.25, 0.3) is 0 Å². The largest absolute Gasteiger partial charge is 0.480 e. The van der Waals surface area contributed by atoms with Crippen LogP contribution in [0.4, 0.5) is 5.95 Å². The maximum Gasteiger partial charge on any atom is 0.323 e. The highest BCUT2D eigenvalue weighted by Crippen LogP contribution is 2.21. The summed E-state index contributed by atoms with van der Waals surface area (Å²) >= 11 is 0. The summed E-state index contributed by atoms with van der Waals surface area (Å²) in [5.41, 5.74) is 1.08. The molecule has 0 unspecified atom stereocenters. The van der Waals surface area contributed by atoms with Crippen molar-refractivity contribution in [2.75, 3.05) is 25.0 Å². The molecule has 0 aliphatic carbocycles. The number of likely N-dealkylation sites (N-methyl/N-ethyl adjacent to an activating group) is 1. The Morgan fingerprint density at radius 3 is 2.80 bits per heavy atom. The van der Waals surface area contributed by atoms with Gasteiger partial charge in [0.05, 0.1) is 0 Å². The first-order valence-corrected chi connectivity index (χ1v) is 7.08. The lowest BCUT2D eigenvalue weighted by atomic mass is 10.1. The van der Waals surface area contributed by atoms with E-state index in [-0.39, 0.29) is 6.54 Å². The maximum atomic E-state index is 10.6. The Morgan fingerprint density at radius 1 is 1.50 bits per heavy atom. The Labute approximate surface area is 119 Å². The van der Waals surface area contributed by atoms with Gasteiger partial charge in [-0.05, 0) is 25.8 Å². The average molecular weight is 278 g/mol. The second-order valence-electron chi connectivity index (χ2n) is 5.32. The van der Waals surface area contributed by atoms with Gasteiger partial charge in [0.1, 0.15) is 6.54 Å². The van der Waals surface area contributed by atoms with Crippen molar-refractivity contribution in [3.8, 4) is 0 Å². The number of hydrogen-bond donors (Lipinski definition) is 1.